The van der Waals surface area contributed by atoms with Crippen LogP contribution in [0.15, 0.2) is 217 Å². The van der Waals surface area contributed by atoms with E-state index in [0.29, 0.717) is 0 Å². The normalized spacial score (nSPS) is 11.6. The Morgan fingerprint density at radius 2 is 0.839 bits per heavy atom. The number of para-hydroxylation sites is 3. The summed E-state index contributed by atoms with van der Waals surface area (Å²) in [5.41, 5.74) is 12.2. The predicted octanol–water partition coefficient (Wildman–Crippen LogP) is 15.5. The van der Waals surface area contributed by atoms with E-state index >= 15 is 0 Å². The quantitative estimate of drug-likeness (QED) is 0.160. The molecule has 0 N–H and O–H groups in total. The van der Waals surface area contributed by atoms with E-state index in [1.807, 2.05) is 6.07 Å². The number of rotatable bonds is 6. The highest BCUT2D eigenvalue weighted by Crippen LogP contribution is 2.45. The van der Waals surface area contributed by atoms with Crippen LogP contribution in [0.5, 0.6) is 0 Å². The molecular weight excluding hydrogens is 679 g/mol. The lowest BCUT2D eigenvalue weighted by molar-refractivity contribution is 0.669. The molecule has 1 heterocycles. The molecule has 262 valence electrons. The number of fused-ring (bicyclic) bond motifs is 10. The van der Waals surface area contributed by atoms with Gasteiger partial charge in [-0.15, -0.1) is 0 Å². The van der Waals surface area contributed by atoms with Crippen molar-refractivity contribution < 1.29 is 4.42 Å². The Kier molecular flexibility index (Phi) is 7.53. The monoisotopic (exact) mass is 713 g/mol. The molecule has 0 fully saturated rings. The third-order valence-corrected chi connectivity index (χ3v) is 11.2. The first-order chi connectivity index (χ1) is 27.8. The lowest BCUT2D eigenvalue weighted by atomic mass is 9.90. The first-order valence-corrected chi connectivity index (χ1v) is 19.2. The van der Waals surface area contributed by atoms with E-state index in [-0.39, 0.29) is 0 Å². The molecule has 10 aromatic carbocycles. The Labute approximate surface area is 325 Å². The first kappa shape index (κ1) is 32.0. The van der Waals surface area contributed by atoms with E-state index in [0.717, 1.165) is 39.2 Å². The summed E-state index contributed by atoms with van der Waals surface area (Å²) in [5, 5.41) is 9.77. The molecule has 11 rings (SSSR count). The lowest BCUT2D eigenvalue weighted by Crippen LogP contribution is -2.11. The van der Waals surface area contributed by atoms with Gasteiger partial charge in [0.2, 0.25) is 0 Å². The van der Waals surface area contributed by atoms with Crippen LogP contribution >= 0.6 is 0 Å². The highest BCUT2D eigenvalue weighted by Gasteiger charge is 2.19. The zero-order chi connectivity index (χ0) is 37.0. The molecule has 0 spiro atoms. The van der Waals surface area contributed by atoms with Gasteiger partial charge in [0.25, 0.3) is 0 Å². The molecular formula is C54H35NO. The van der Waals surface area contributed by atoms with Gasteiger partial charge in [0.1, 0.15) is 11.2 Å². The second kappa shape index (κ2) is 13.2. The van der Waals surface area contributed by atoms with Gasteiger partial charge in [0.05, 0.1) is 5.69 Å². The zero-order valence-electron chi connectivity index (χ0n) is 30.6. The van der Waals surface area contributed by atoms with Gasteiger partial charge in [0.15, 0.2) is 0 Å². The summed E-state index contributed by atoms with van der Waals surface area (Å²) >= 11 is 0. The molecule has 0 bridgehead atoms. The molecule has 0 atom stereocenters. The number of anilines is 3. The van der Waals surface area contributed by atoms with Crippen molar-refractivity contribution in [2.45, 2.75) is 0 Å². The van der Waals surface area contributed by atoms with E-state index in [1.54, 1.807) is 0 Å². The fraction of sp³-hybridized carbons (Fsp3) is 0. The summed E-state index contributed by atoms with van der Waals surface area (Å²) in [6.07, 6.45) is 0. The topological polar surface area (TPSA) is 16.4 Å². The molecule has 2 nitrogen and oxygen atoms in total. The Morgan fingerprint density at radius 3 is 1.68 bits per heavy atom. The minimum absolute atomic E-state index is 0.915. The van der Waals surface area contributed by atoms with E-state index in [2.05, 4.69) is 211 Å². The number of nitrogens with zero attached hydrogens (tertiary/aromatic N) is 1. The summed E-state index contributed by atoms with van der Waals surface area (Å²) in [6, 6.07) is 76.4. The van der Waals surface area contributed by atoms with Gasteiger partial charge in [0, 0.05) is 33.1 Å². The molecule has 0 aliphatic heterocycles. The molecule has 0 unspecified atom stereocenters. The fourth-order valence-corrected chi connectivity index (χ4v) is 8.65. The SMILES string of the molecule is c1ccc(-c2ccc(-c3ccccc3N(c3ccccc3)c3cccc(-c4ccc5c6ccccc6c6c(ccc7oc8ccccc8c76)c5c4)c3)cc2)cc1. The van der Waals surface area contributed by atoms with Crippen LogP contribution in [0.4, 0.5) is 17.1 Å². The van der Waals surface area contributed by atoms with Crippen molar-refractivity contribution in [1.29, 1.82) is 0 Å². The second-order valence-electron chi connectivity index (χ2n) is 14.4. The van der Waals surface area contributed by atoms with Crippen LogP contribution < -0.4 is 4.90 Å². The maximum Gasteiger partial charge on any atom is 0.136 e. The van der Waals surface area contributed by atoms with Crippen molar-refractivity contribution in [2.24, 2.45) is 0 Å². The average molecular weight is 714 g/mol. The van der Waals surface area contributed by atoms with Gasteiger partial charge in [-0.1, -0.05) is 158 Å². The van der Waals surface area contributed by atoms with Gasteiger partial charge < -0.3 is 9.32 Å². The van der Waals surface area contributed by atoms with Crippen LogP contribution in [-0.2, 0) is 0 Å². The van der Waals surface area contributed by atoms with E-state index in [9.17, 15) is 0 Å². The Morgan fingerprint density at radius 1 is 0.286 bits per heavy atom. The van der Waals surface area contributed by atoms with Crippen molar-refractivity contribution in [2.75, 3.05) is 4.90 Å². The van der Waals surface area contributed by atoms with Crippen LogP contribution in [0, 0.1) is 0 Å². The van der Waals surface area contributed by atoms with Crippen LogP contribution in [0.2, 0.25) is 0 Å². The zero-order valence-corrected chi connectivity index (χ0v) is 30.6. The van der Waals surface area contributed by atoms with Crippen LogP contribution in [-0.4, -0.2) is 0 Å². The standard InChI is InChI=1S/C54H35NO/c1-3-14-36(15-4-1)37-26-28-38(29-27-37)43-20-9-11-24-50(43)55(41-17-5-2-6-18-41)42-19-13-16-39(34-42)40-30-31-45-44-21-7-8-22-46(44)53-47(49(45)35-40)32-33-52-54(53)48-23-10-12-25-51(48)56-52/h1-35H. The Hall–Kier alpha value is -7.42. The number of furan rings is 1. The number of benzene rings is 10. The van der Waals surface area contributed by atoms with Gasteiger partial charge in [-0.3, -0.25) is 0 Å². The van der Waals surface area contributed by atoms with Crippen LogP contribution in [0.3, 0.4) is 0 Å². The van der Waals surface area contributed by atoms with Crippen molar-refractivity contribution in [3.8, 4) is 33.4 Å². The van der Waals surface area contributed by atoms with Crippen LogP contribution in [0.1, 0.15) is 0 Å². The Balaban J connectivity index is 1.07. The molecule has 56 heavy (non-hydrogen) atoms. The van der Waals surface area contributed by atoms with Gasteiger partial charge >= 0.3 is 0 Å². The molecule has 11 aromatic rings. The summed E-state index contributed by atoms with van der Waals surface area (Å²) in [6.45, 7) is 0. The van der Waals surface area contributed by atoms with Crippen molar-refractivity contribution in [3.63, 3.8) is 0 Å². The molecule has 2 heteroatoms. The molecule has 0 radical (unpaired) electrons. The Bertz CT molecular complexity index is 3230. The highest BCUT2D eigenvalue weighted by molar-refractivity contribution is 6.34. The van der Waals surface area contributed by atoms with E-state index in [1.165, 1.54) is 65.5 Å². The molecule has 0 saturated heterocycles. The van der Waals surface area contributed by atoms with Crippen molar-refractivity contribution in [1.82, 2.24) is 0 Å². The molecule has 0 aliphatic rings. The van der Waals surface area contributed by atoms with E-state index < -0.39 is 0 Å². The minimum Gasteiger partial charge on any atom is -0.456 e. The number of hydrogen-bond acceptors (Lipinski definition) is 2. The second-order valence-corrected chi connectivity index (χ2v) is 14.4. The maximum absolute atomic E-state index is 6.38. The van der Waals surface area contributed by atoms with Gasteiger partial charge in [-0.05, 0) is 109 Å². The third-order valence-electron chi connectivity index (χ3n) is 11.2. The highest BCUT2D eigenvalue weighted by atomic mass is 16.3. The third kappa shape index (κ3) is 5.26. The summed E-state index contributed by atoms with van der Waals surface area (Å²) in [4.78, 5) is 2.38. The van der Waals surface area contributed by atoms with E-state index in [4.69, 9.17) is 4.42 Å². The van der Waals surface area contributed by atoms with Crippen molar-refractivity contribution >= 4 is 71.3 Å². The molecule has 1 aromatic heterocycles. The summed E-state index contributed by atoms with van der Waals surface area (Å²) < 4.78 is 6.38. The molecule has 0 amide bonds. The molecule has 0 aliphatic carbocycles. The molecule has 0 saturated carbocycles. The minimum atomic E-state index is 0.915. The maximum atomic E-state index is 6.38. The first-order valence-electron chi connectivity index (χ1n) is 19.2. The summed E-state index contributed by atoms with van der Waals surface area (Å²) in [5.74, 6) is 0. The van der Waals surface area contributed by atoms with Crippen molar-refractivity contribution in [3.05, 3.63) is 212 Å². The fourth-order valence-electron chi connectivity index (χ4n) is 8.65. The number of hydrogen-bond donors (Lipinski definition) is 0. The smallest absolute Gasteiger partial charge is 0.136 e. The van der Waals surface area contributed by atoms with Gasteiger partial charge in [-0.2, -0.15) is 0 Å². The summed E-state index contributed by atoms with van der Waals surface area (Å²) in [7, 11) is 0. The average Bonchev–Trinajstić information content (AvgIpc) is 3.66. The van der Waals surface area contributed by atoms with Gasteiger partial charge in [-0.25, -0.2) is 0 Å². The van der Waals surface area contributed by atoms with Crippen LogP contribution in [0.25, 0.3) is 87.6 Å². The predicted molar refractivity (Wildman–Crippen MR) is 237 cm³/mol. The lowest BCUT2D eigenvalue weighted by Gasteiger charge is -2.28. The largest absolute Gasteiger partial charge is 0.456 e.